The molecule has 1 heterocycles. The fourth-order valence-corrected chi connectivity index (χ4v) is 1.53. The number of imidazole rings is 1. The highest BCUT2D eigenvalue weighted by Crippen LogP contribution is 2.16. The molecule has 1 rings (SSSR count). The lowest BCUT2D eigenvalue weighted by molar-refractivity contribution is 0.440. The Labute approximate surface area is 99.3 Å². The average Bonchev–Trinajstić information content (AvgIpc) is 2.52. The van der Waals surface area contributed by atoms with Gasteiger partial charge in [0.05, 0.1) is 5.69 Å². The van der Waals surface area contributed by atoms with Crippen molar-refractivity contribution in [1.29, 1.82) is 0 Å². The zero-order valence-corrected chi connectivity index (χ0v) is 11.3. The smallest absolute Gasteiger partial charge is 0.203 e. The van der Waals surface area contributed by atoms with Gasteiger partial charge in [-0.05, 0) is 18.8 Å². The summed E-state index contributed by atoms with van der Waals surface area (Å²) in [6.45, 7) is 13.0. The van der Waals surface area contributed by atoms with Crippen molar-refractivity contribution in [2.45, 2.75) is 54.0 Å². The van der Waals surface area contributed by atoms with Crippen molar-refractivity contribution in [2.75, 3.05) is 11.9 Å². The van der Waals surface area contributed by atoms with Crippen molar-refractivity contribution in [3.8, 4) is 0 Å². The van der Waals surface area contributed by atoms with Crippen molar-refractivity contribution in [1.82, 2.24) is 9.55 Å². The number of unbranched alkanes of at least 4 members (excludes halogenated alkanes) is 1. The lowest BCUT2D eigenvalue weighted by atomic mass is 9.97. The van der Waals surface area contributed by atoms with Crippen LogP contribution < -0.4 is 5.32 Å². The van der Waals surface area contributed by atoms with Crippen LogP contribution in [-0.2, 0) is 6.54 Å². The first-order valence-corrected chi connectivity index (χ1v) is 6.20. The van der Waals surface area contributed by atoms with Gasteiger partial charge in [-0.3, -0.25) is 0 Å². The Balaban J connectivity index is 2.63. The minimum Gasteiger partial charge on any atom is -0.355 e. The van der Waals surface area contributed by atoms with Crippen molar-refractivity contribution in [3.05, 3.63) is 11.9 Å². The summed E-state index contributed by atoms with van der Waals surface area (Å²) in [6.07, 6.45) is 4.55. The Morgan fingerprint density at radius 1 is 1.38 bits per heavy atom. The standard InChI is InChI=1S/C13H25N3/c1-6-7-8-16-9-11(2)15-12(16)14-10-13(3,4)5/h9H,6-8,10H2,1-5H3,(H,14,15). The third-order valence-electron chi connectivity index (χ3n) is 2.43. The molecule has 0 saturated heterocycles. The number of aromatic nitrogens is 2. The fraction of sp³-hybridized carbons (Fsp3) is 0.769. The lowest BCUT2D eigenvalue weighted by Gasteiger charge is -2.19. The number of hydrogen-bond donors (Lipinski definition) is 1. The van der Waals surface area contributed by atoms with Crippen molar-refractivity contribution in [2.24, 2.45) is 5.41 Å². The van der Waals surface area contributed by atoms with Crippen LogP contribution in [0.4, 0.5) is 5.95 Å². The molecule has 1 aromatic heterocycles. The van der Waals surface area contributed by atoms with Crippen molar-refractivity contribution < 1.29 is 0 Å². The summed E-state index contributed by atoms with van der Waals surface area (Å²) in [5.74, 6) is 1.01. The predicted octanol–water partition coefficient (Wildman–Crippen LogP) is 3.45. The third-order valence-corrected chi connectivity index (χ3v) is 2.43. The zero-order chi connectivity index (χ0) is 12.2. The minimum absolute atomic E-state index is 0.287. The molecule has 0 radical (unpaired) electrons. The van der Waals surface area contributed by atoms with Gasteiger partial charge in [-0.2, -0.15) is 0 Å². The number of nitrogens with one attached hydrogen (secondary N) is 1. The van der Waals surface area contributed by atoms with E-state index in [1.54, 1.807) is 0 Å². The van der Waals surface area contributed by atoms with E-state index in [0.29, 0.717) is 0 Å². The van der Waals surface area contributed by atoms with Crippen LogP contribution in [0.15, 0.2) is 6.20 Å². The molecule has 0 spiro atoms. The maximum atomic E-state index is 4.52. The van der Waals surface area contributed by atoms with Gasteiger partial charge in [-0.1, -0.05) is 34.1 Å². The normalized spacial score (nSPS) is 11.8. The summed E-state index contributed by atoms with van der Waals surface area (Å²) < 4.78 is 2.23. The molecule has 3 nitrogen and oxygen atoms in total. The number of nitrogens with zero attached hydrogens (tertiary/aromatic N) is 2. The first-order valence-electron chi connectivity index (χ1n) is 6.20. The predicted molar refractivity (Wildman–Crippen MR) is 69.8 cm³/mol. The van der Waals surface area contributed by atoms with Gasteiger partial charge in [0.1, 0.15) is 0 Å². The molecule has 0 aliphatic heterocycles. The summed E-state index contributed by atoms with van der Waals surface area (Å²) in [5.41, 5.74) is 1.38. The Kier molecular flexibility index (Phi) is 4.39. The van der Waals surface area contributed by atoms with Crippen LogP contribution in [0.1, 0.15) is 46.2 Å². The maximum Gasteiger partial charge on any atom is 0.203 e. The summed E-state index contributed by atoms with van der Waals surface area (Å²) in [5, 5.41) is 3.43. The summed E-state index contributed by atoms with van der Waals surface area (Å²) in [4.78, 5) is 4.52. The van der Waals surface area contributed by atoms with Gasteiger partial charge in [0, 0.05) is 19.3 Å². The summed E-state index contributed by atoms with van der Waals surface area (Å²) in [6, 6.07) is 0. The SMILES string of the molecule is CCCCn1cc(C)nc1NCC(C)(C)C. The molecule has 0 aliphatic carbocycles. The van der Waals surface area contributed by atoms with Gasteiger partial charge < -0.3 is 9.88 Å². The molecule has 92 valence electrons. The van der Waals surface area contributed by atoms with E-state index in [-0.39, 0.29) is 5.41 Å². The molecule has 0 aromatic carbocycles. The van der Waals surface area contributed by atoms with E-state index >= 15 is 0 Å². The molecule has 0 saturated carbocycles. The van der Waals surface area contributed by atoms with E-state index < -0.39 is 0 Å². The molecular weight excluding hydrogens is 198 g/mol. The summed E-state index contributed by atoms with van der Waals surface area (Å²) in [7, 11) is 0. The minimum atomic E-state index is 0.287. The van der Waals surface area contributed by atoms with E-state index in [1.807, 2.05) is 6.92 Å². The number of rotatable bonds is 5. The van der Waals surface area contributed by atoms with E-state index in [0.717, 1.165) is 24.7 Å². The number of aryl methyl sites for hydroxylation is 2. The highest BCUT2D eigenvalue weighted by atomic mass is 15.2. The highest BCUT2D eigenvalue weighted by Gasteiger charge is 2.12. The van der Waals surface area contributed by atoms with Gasteiger partial charge >= 0.3 is 0 Å². The molecule has 0 unspecified atom stereocenters. The fourth-order valence-electron chi connectivity index (χ4n) is 1.53. The molecule has 1 aromatic rings. The van der Waals surface area contributed by atoms with E-state index in [1.165, 1.54) is 12.8 Å². The summed E-state index contributed by atoms with van der Waals surface area (Å²) >= 11 is 0. The van der Waals surface area contributed by atoms with Crippen LogP contribution in [0.2, 0.25) is 0 Å². The Morgan fingerprint density at radius 3 is 2.62 bits per heavy atom. The van der Waals surface area contributed by atoms with E-state index in [9.17, 15) is 0 Å². The Hall–Kier alpha value is -0.990. The van der Waals surface area contributed by atoms with Crippen LogP contribution in [0.5, 0.6) is 0 Å². The van der Waals surface area contributed by atoms with Crippen LogP contribution in [-0.4, -0.2) is 16.1 Å². The zero-order valence-electron chi connectivity index (χ0n) is 11.3. The van der Waals surface area contributed by atoms with E-state index in [4.69, 9.17) is 0 Å². The van der Waals surface area contributed by atoms with E-state index in [2.05, 4.69) is 48.8 Å². The highest BCUT2D eigenvalue weighted by molar-refractivity contribution is 5.29. The molecule has 0 atom stereocenters. The molecule has 0 amide bonds. The lowest BCUT2D eigenvalue weighted by Crippen LogP contribution is -2.21. The quantitative estimate of drug-likeness (QED) is 0.828. The van der Waals surface area contributed by atoms with Crippen molar-refractivity contribution in [3.63, 3.8) is 0 Å². The maximum absolute atomic E-state index is 4.52. The topological polar surface area (TPSA) is 29.9 Å². The molecule has 0 fully saturated rings. The first kappa shape index (κ1) is 13.1. The second-order valence-corrected chi connectivity index (χ2v) is 5.67. The number of hydrogen-bond acceptors (Lipinski definition) is 2. The molecule has 0 aliphatic rings. The van der Waals surface area contributed by atoms with Crippen LogP contribution in [0.25, 0.3) is 0 Å². The number of anilines is 1. The molecular formula is C13H25N3. The monoisotopic (exact) mass is 223 g/mol. The first-order chi connectivity index (χ1) is 7.42. The second kappa shape index (κ2) is 5.37. The van der Waals surface area contributed by atoms with Gasteiger partial charge in [-0.15, -0.1) is 0 Å². The second-order valence-electron chi connectivity index (χ2n) is 5.67. The molecule has 16 heavy (non-hydrogen) atoms. The molecule has 1 N–H and O–H groups in total. The third kappa shape index (κ3) is 4.25. The largest absolute Gasteiger partial charge is 0.355 e. The van der Waals surface area contributed by atoms with Crippen LogP contribution in [0.3, 0.4) is 0 Å². The Bertz CT molecular complexity index is 320. The van der Waals surface area contributed by atoms with Gasteiger partial charge in [0.25, 0.3) is 0 Å². The van der Waals surface area contributed by atoms with Gasteiger partial charge in [0.2, 0.25) is 5.95 Å². The van der Waals surface area contributed by atoms with Crippen LogP contribution in [0, 0.1) is 12.3 Å². The Morgan fingerprint density at radius 2 is 2.06 bits per heavy atom. The average molecular weight is 223 g/mol. The van der Waals surface area contributed by atoms with Gasteiger partial charge in [-0.25, -0.2) is 4.98 Å². The molecule has 0 bridgehead atoms. The van der Waals surface area contributed by atoms with Crippen LogP contribution >= 0.6 is 0 Å². The van der Waals surface area contributed by atoms with Crippen molar-refractivity contribution >= 4 is 5.95 Å². The van der Waals surface area contributed by atoms with Gasteiger partial charge in [0.15, 0.2) is 0 Å². The molecule has 3 heteroatoms.